The standard InChI is InChI=1S/C16H18FNO/c1-11-4-6-15(17)13(8-11)10-18-16-7-5-14(19-3)9-12(16)2/h4-9,18H,10H2,1-3H3. The number of rotatable bonds is 4. The van der Waals surface area contributed by atoms with Gasteiger partial charge in [0.25, 0.3) is 0 Å². The molecule has 0 atom stereocenters. The van der Waals surface area contributed by atoms with Gasteiger partial charge in [-0.25, -0.2) is 4.39 Å². The SMILES string of the molecule is COc1ccc(NCc2cc(C)ccc2F)c(C)c1. The van der Waals surface area contributed by atoms with Crippen LogP contribution in [0.25, 0.3) is 0 Å². The van der Waals surface area contributed by atoms with Crippen LogP contribution in [0, 0.1) is 19.7 Å². The third-order valence-electron chi connectivity index (χ3n) is 3.10. The van der Waals surface area contributed by atoms with Crippen LogP contribution in [0.3, 0.4) is 0 Å². The van der Waals surface area contributed by atoms with Crippen LogP contribution in [0.4, 0.5) is 10.1 Å². The molecule has 0 bridgehead atoms. The predicted molar refractivity (Wildman–Crippen MR) is 76.2 cm³/mol. The fourth-order valence-electron chi connectivity index (χ4n) is 1.99. The summed E-state index contributed by atoms with van der Waals surface area (Å²) in [5, 5.41) is 3.25. The Morgan fingerprint density at radius 2 is 1.89 bits per heavy atom. The summed E-state index contributed by atoms with van der Waals surface area (Å²) in [6.45, 7) is 4.43. The minimum Gasteiger partial charge on any atom is -0.497 e. The Labute approximate surface area is 113 Å². The zero-order valence-electron chi connectivity index (χ0n) is 11.5. The van der Waals surface area contributed by atoms with Gasteiger partial charge in [-0.15, -0.1) is 0 Å². The van der Waals surface area contributed by atoms with Gasteiger partial charge in [0.1, 0.15) is 11.6 Å². The zero-order valence-corrected chi connectivity index (χ0v) is 11.5. The van der Waals surface area contributed by atoms with Gasteiger partial charge >= 0.3 is 0 Å². The van der Waals surface area contributed by atoms with Gasteiger partial charge in [-0.2, -0.15) is 0 Å². The number of methoxy groups -OCH3 is 1. The average molecular weight is 259 g/mol. The molecule has 0 amide bonds. The molecule has 0 aliphatic heterocycles. The lowest BCUT2D eigenvalue weighted by atomic mass is 10.1. The summed E-state index contributed by atoms with van der Waals surface area (Å²) in [6.07, 6.45) is 0. The second-order valence-electron chi connectivity index (χ2n) is 4.63. The molecule has 0 saturated heterocycles. The molecule has 0 aliphatic carbocycles. The predicted octanol–water partition coefficient (Wildman–Crippen LogP) is 4.06. The normalized spacial score (nSPS) is 10.3. The Balaban J connectivity index is 2.12. The largest absolute Gasteiger partial charge is 0.497 e. The van der Waals surface area contributed by atoms with E-state index >= 15 is 0 Å². The molecule has 2 aromatic carbocycles. The molecule has 1 N–H and O–H groups in total. The highest BCUT2D eigenvalue weighted by molar-refractivity contribution is 5.53. The molecule has 0 spiro atoms. The lowest BCUT2D eigenvalue weighted by Crippen LogP contribution is -2.03. The fraction of sp³-hybridized carbons (Fsp3) is 0.250. The van der Waals surface area contributed by atoms with Crippen molar-refractivity contribution in [2.75, 3.05) is 12.4 Å². The summed E-state index contributed by atoms with van der Waals surface area (Å²) >= 11 is 0. The maximum atomic E-state index is 13.6. The second-order valence-corrected chi connectivity index (χ2v) is 4.63. The number of ether oxygens (including phenoxy) is 1. The van der Waals surface area contributed by atoms with Crippen molar-refractivity contribution in [3.05, 3.63) is 58.9 Å². The quantitative estimate of drug-likeness (QED) is 0.894. The first-order valence-electron chi connectivity index (χ1n) is 6.23. The minimum atomic E-state index is -0.177. The summed E-state index contributed by atoms with van der Waals surface area (Å²) < 4.78 is 18.8. The van der Waals surface area contributed by atoms with E-state index in [9.17, 15) is 4.39 Å². The van der Waals surface area contributed by atoms with E-state index in [1.54, 1.807) is 13.2 Å². The summed E-state index contributed by atoms with van der Waals surface area (Å²) in [5.74, 6) is 0.647. The first-order chi connectivity index (χ1) is 9.10. The molecule has 19 heavy (non-hydrogen) atoms. The number of aryl methyl sites for hydroxylation is 2. The van der Waals surface area contributed by atoms with Crippen molar-refractivity contribution in [3.8, 4) is 5.75 Å². The molecular weight excluding hydrogens is 241 g/mol. The Kier molecular flexibility index (Phi) is 4.05. The minimum absolute atomic E-state index is 0.177. The van der Waals surface area contributed by atoms with Gasteiger partial charge in [0, 0.05) is 17.8 Å². The monoisotopic (exact) mass is 259 g/mol. The smallest absolute Gasteiger partial charge is 0.128 e. The van der Waals surface area contributed by atoms with Crippen molar-refractivity contribution in [1.29, 1.82) is 0 Å². The molecule has 0 radical (unpaired) electrons. The van der Waals surface area contributed by atoms with Crippen LogP contribution < -0.4 is 10.1 Å². The highest BCUT2D eigenvalue weighted by Gasteiger charge is 2.04. The van der Waals surface area contributed by atoms with Gasteiger partial charge in [0.15, 0.2) is 0 Å². The first-order valence-corrected chi connectivity index (χ1v) is 6.23. The van der Waals surface area contributed by atoms with Crippen molar-refractivity contribution in [1.82, 2.24) is 0 Å². The van der Waals surface area contributed by atoms with Crippen molar-refractivity contribution >= 4 is 5.69 Å². The Bertz CT molecular complexity index is 581. The van der Waals surface area contributed by atoms with E-state index < -0.39 is 0 Å². The summed E-state index contributed by atoms with van der Waals surface area (Å²) in [6, 6.07) is 10.9. The third kappa shape index (κ3) is 3.25. The van der Waals surface area contributed by atoms with Crippen molar-refractivity contribution < 1.29 is 9.13 Å². The van der Waals surface area contributed by atoms with E-state index in [1.807, 2.05) is 38.1 Å². The van der Waals surface area contributed by atoms with Gasteiger partial charge < -0.3 is 10.1 Å². The number of anilines is 1. The second kappa shape index (κ2) is 5.74. The van der Waals surface area contributed by atoms with Crippen molar-refractivity contribution in [3.63, 3.8) is 0 Å². The van der Waals surface area contributed by atoms with E-state index in [-0.39, 0.29) is 5.82 Å². The number of hydrogen-bond donors (Lipinski definition) is 1. The molecule has 2 aromatic rings. The number of benzene rings is 2. The summed E-state index contributed by atoms with van der Waals surface area (Å²) in [7, 11) is 1.64. The third-order valence-corrected chi connectivity index (χ3v) is 3.10. The van der Waals surface area contributed by atoms with Crippen LogP contribution in [-0.2, 0) is 6.54 Å². The van der Waals surface area contributed by atoms with Crippen LogP contribution in [-0.4, -0.2) is 7.11 Å². The van der Waals surface area contributed by atoms with Crippen molar-refractivity contribution in [2.24, 2.45) is 0 Å². The van der Waals surface area contributed by atoms with Crippen LogP contribution in [0.15, 0.2) is 36.4 Å². The van der Waals surface area contributed by atoms with E-state index in [4.69, 9.17) is 4.74 Å². The molecule has 2 nitrogen and oxygen atoms in total. The van der Waals surface area contributed by atoms with Gasteiger partial charge in [-0.1, -0.05) is 17.7 Å². The highest BCUT2D eigenvalue weighted by atomic mass is 19.1. The van der Waals surface area contributed by atoms with E-state index in [0.29, 0.717) is 12.1 Å². The molecule has 0 heterocycles. The van der Waals surface area contributed by atoms with Crippen LogP contribution in [0.5, 0.6) is 5.75 Å². The Morgan fingerprint density at radius 3 is 2.58 bits per heavy atom. The van der Waals surface area contributed by atoms with Crippen molar-refractivity contribution in [2.45, 2.75) is 20.4 Å². The molecule has 0 aliphatic rings. The topological polar surface area (TPSA) is 21.3 Å². The van der Waals surface area contributed by atoms with E-state index in [0.717, 1.165) is 22.6 Å². The van der Waals surface area contributed by atoms with Crippen LogP contribution in [0.2, 0.25) is 0 Å². The number of halogens is 1. The maximum Gasteiger partial charge on any atom is 0.128 e. The van der Waals surface area contributed by atoms with Crippen LogP contribution in [0.1, 0.15) is 16.7 Å². The molecule has 2 rings (SSSR count). The molecule has 0 saturated carbocycles. The zero-order chi connectivity index (χ0) is 13.8. The van der Waals surface area contributed by atoms with E-state index in [2.05, 4.69) is 5.32 Å². The van der Waals surface area contributed by atoms with Crippen LogP contribution >= 0.6 is 0 Å². The van der Waals surface area contributed by atoms with Gasteiger partial charge in [0.05, 0.1) is 7.11 Å². The molecule has 0 fully saturated rings. The molecule has 0 aromatic heterocycles. The average Bonchev–Trinajstić information content (AvgIpc) is 2.40. The number of hydrogen-bond acceptors (Lipinski definition) is 2. The molecule has 3 heteroatoms. The van der Waals surface area contributed by atoms with Gasteiger partial charge in [-0.3, -0.25) is 0 Å². The van der Waals surface area contributed by atoms with E-state index in [1.165, 1.54) is 6.07 Å². The summed E-state index contributed by atoms with van der Waals surface area (Å²) in [4.78, 5) is 0. The highest BCUT2D eigenvalue weighted by Crippen LogP contribution is 2.22. The lowest BCUT2D eigenvalue weighted by Gasteiger charge is -2.12. The lowest BCUT2D eigenvalue weighted by molar-refractivity contribution is 0.414. The van der Waals surface area contributed by atoms with Gasteiger partial charge in [-0.05, 0) is 43.7 Å². The Morgan fingerprint density at radius 1 is 1.11 bits per heavy atom. The maximum absolute atomic E-state index is 13.6. The Hall–Kier alpha value is -2.03. The summed E-state index contributed by atoms with van der Waals surface area (Å²) in [5.41, 5.74) is 3.80. The van der Waals surface area contributed by atoms with Gasteiger partial charge in [0.2, 0.25) is 0 Å². The molecular formula is C16H18FNO. The first kappa shape index (κ1) is 13.4. The molecule has 0 unspecified atom stereocenters. The molecule has 100 valence electrons. The number of nitrogens with one attached hydrogen (secondary N) is 1. The fourth-order valence-corrected chi connectivity index (χ4v) is 1.99.